The number of benzene rings is 1. The van der Waals surface area contributed by atoms with Crippen LogP contribution in [0.5, 0.6) is 0 Å². The second kappa shape index (κ2) is 8.84. The zero-order valence-electron chi connectivity index (χ0n) is 18.3. The van der Waals surface area contributed by atoms with Gasteiger partial charge in [0.05, 0.1) is 24.3 Å². The number of aliphatic imine (C=N–C) groups is 1. The van der Waals surface area contributed by atoms with E-state index in [9.17, 15) is 0 Å². The first-order valence-corrected chi connectivity index (χ1v) is 10.9. The van der Waals surface area contributed by atoms with E-state index in [0.29, 0.717) is 18.4 Å². The summed E-state index contributed by atoms with van der Waals surface area (Å²) in [5, 5.41) is 19.6. The lowest BCUT2D eigenvalue weighted by molar-refractivity contribution is 0.370. The molecule has 1 N–H and O–H groups in total. The van der Waals surface area contributed by atoms with Crippen molar-refractivity contribution in [1.82, 2.24) is 25.1 Å². The quantitative estimate of drug-likeness (QED) is 0.651. The van der Waals surface area contributed by atoms with Crippen LogP contribution in [0.25, 0.3) is 16.5 Å². The van der Waals surface area contributed by atoms with Crippen LogP contribution in [0.2, 0.25) is 0 Å². The minimum Gasteiger partial charge on any atom is -0.315 e. The van der Waals surface area contributed by atoms with Gasteiger partial charge in [-0.3, -0.25) is 9.67 Å². The van der Waals surface area contributed by atoms with E-state index in [4.69, 9.17) is 0 Å². The molecule has 0 saturated carbocycles. The first kappa shape index (κ1) is 20.3. The van der Waals surface area contributed by atoms with E-state index in [-0.39, 0.29) is 0 Å². The highest BCUT2D eigenvalue weighted by atomic mass is 15.6. The molecule has 0 radical (unpaired) electrons. The van der Waals surface area contributed by atoms with Crippen molar-refractivity contribution in [2.45, 2.75) is 32.9 Å². The number of amidine groups is 1. The molecule has 8 heteroatoms. The Morgan fingerprint density at radius 3 is 3.09 bits per heavy atom. The first-order valence-electron chi connectivity index (χ1n) is 10.9. The van der Waals surface area contributed by atoms with Crippen LogP contribution >= 0.6 is 0 Å². The fourth-order valence-corrected chi connectivity index (χ4v) is 4.03. The van der Waals surface area contributed by atoms with Crippen LogP contribution in [0.1, 0.15) is 37.4 Å². The molecule has 8 nitrogen and oxygen atoms in total. The van der Waals surface area contributed by atoms with Crippen molar-refractivity contribution in [3.8, 4) is 0 Å². The van der Waals surface area contributed by atoms with Crippen molar-refractivity contribution >= 4 is 22.3 Å². The second-order valence-electron chi connectivity index (χ2n) is 8.07. The topological polar surface area (TPSA) is 83.1 Å². The number of hydrogen-bond acceptors (Lipinski definition) is 6. The SMILES string of the molecule is CC=C1C(=N/C=C(\C)c2cnn(C3CCNC3)c2)N=NN1Cc1ccc2ncccc2c1. The Balaban J connectivity index is 1.30. The van der Waals surface area contributed by atoms with Gasteiger partial charge in [0.2, 0.25) is 5.84 Å². The van der Waals surface area contributed by atoms with Crippen LogP contribution in [0.3, 0.4) is 0 Å². The summed E-state index contributed by atoms with van der Waals surface area (Å²) < 4.78 is 2.05. The number of nitrogens with zero attached hydrogens (tertiary/aromatic N) is 7. The zero-order chi connectivity index (χ0) is 21.9. The predicted molar refractivity (Wildman–Crippen MR) is 126 cm³/mol. The van der Waals surface area contributed by atoms with Crippen LogP contribution < -0.4 is 5.32 Å². The molecular weight excluding hydrogens is 400 g/mol. The van der Waals surface area contributed by atoms with Crippen molar-refractivity contribution in [2.24, 2.45) is 15.3 Å². The number of rotatable bonds is 5. The number of hydrogen-bond donors (Lipinski definition) is 1. The summed E-state index contributed by atoms with van der Waals surface area (Å²) in [7, 11) is 0. The van der Waals surface area contributed by atoms with E-state index in [1.165, 1.54) is 0 Å². The molecule has 0 aliphatic carbocycles. The third kappa shape index (κ3) is 4.09. The Kier molecular flexibility index (Phi) is 5.60. The van der Waals surface area contributed by atoms with Gasteiger partial charge in [-0.1, -0.05) is 23.4 Å². The highest BCUT2D eigenvalue weighted by Gasteiger charge is 2.21. The summed E-state index contributed by atoms with van der Waals surface area (Å²) >= 11 is 0. The third-order valence-electron chi connectivity index (χ3n) is 5.87. The van der Waals surface area contributed by atoms with Crippen molar-refractivity contribution in [2.75, 3.05) is 13.1 Å². The van der Waals surface area contributed by atoms with Gasteiger partial charge in [0.1, 0.15) is 5.70 Å². The van der Waals surface area contributed by atoms with E-state index < -0.39 is 0 Å². The molecule has 0 amide bonds. The summed E-state index contributed by atoms with van der Waals surface area (Å²) in [5.41, 5.74) is 5.14. The summed E-state index contributed by atoms with van der Waals surface area (Å²) in [4.78, 5) is 9.01. The number of nitrogens with one attached hydrogen (secondary N) is 1. The average molecular weight is 427 g/mol. The maximum Gasteiger partial charge on any atom is 0.201 e. The van der Waals surface area contributed by atoms with Crippen molar-refractivity contribution < 1.29 is 0 Å². The molecule has 2 aliphatic rings. The molecule has 1 fully saturated rings. The zero-order valence-corrected chi connectivity index (χ0v) is 18.3. The van der Waals surface area contributed by atoms with Gasteiger partial charge in [0.25, 0.3) is 0 Å². The molecule has 4 heterocycles. The molecule has 1 saturated heterocycles. The number of allylic oxidation sites excluding steroid dienone is 2. The largest absolute Gasteiger partial charge is 0.315 e. The average Bonchev–Trinajstić information content (AvgIpc) is 3.58. The van der Waals surface area contributed by atoms with Crippen molar-refractivity contribution in [3.63, 3.8) is 0 Å². The maximum atomic E-state index is 4.63. The fraction of sp³-hybridized carbons (Fsp3) is 0.292. The lowest BCUT2D eigenvalue weighted by Crippen LogP contribution is -2.15. The number of fused-ring (bicyclic) bond motifs is 1. The van der Waals surface area contributed by atoms with Crippen LogP contribution in [0.15, 0.2) is 82.2 Å². The molecule has 1 aromatic carbocycles. The van der Waals surface area contributed by atoms with E-state index >= 15 is 0 Å². The van der Waals surface area contributed by atoms with Gasteiger partial charge >= 0.3 is 0 Å². The molecule has 3 aromatic rings. The van der Waals surface area contributed by atoms with Crippen LogP contribution in [-0.4, -0.2) is 38.7 Å². The van der Waals surface area contributed by atoms with Gasteiger partial charge < -0.3 is 5.32 Å². The molecule has 2 aliphatic heterocycles. The van der Waals surface area contributed by atoms with E-state index in [2.05, 4.69) is 55.1 Å². The molecule has 162 valence electrons. The van der Waals surface area contributed by atoms with Crippen LogP contribution in [-0.2, 0) is 6.54 Å². The monoisotopic (exact) mass is 426 g/mol. The molecule has 0 spiro atoms. The third-order valence-corrected chi connectivity index (χ3v) is 5.87. The molecule has 5 rings (SSSR count). The first-order chi connectivity index (χ1) is 15.7. The van der Waals surface area contributed by atoms with Gasteiger partial charge in [-0.25, -0.2) is 10.0 Å². The highest BCUT2D eigenvalue weighted by Crippen LogP contribution is 2.24. The summed E-state index contributed by atoms with van der Waals surface area (Å²) in [6.07, 6.45) is 10.8. The Morgan fingerprint density at radius 1 is 1.31 bits per heavy atom. The van der Waals surface area contributed by atoms with Crippen LogP contribution in [0, 0.1) is 0 Å². The van der Waals surface area contributed by atoms with Gasteiger partial charge in [0.15, 0.2) is 0 Å². The Hall–Kier alpha value is -3.65. The molecule has 0 bridgehead atoms. The molecular formula is C24H26N8. The van der Waals surface area contributed by atoms with Crippen molar-refractivity contribution in [3.05, 3.63) is 78.0 Å². The summed E-state index contributed by atoms with van der Waals surface area (Å²) in [5.74, 6) is 0.613. The maximum absolute atomic E-state index is 4.63. The van der Waals surface area contributed by atoms with Crippen LogP contribution in [0.4, 0.5) is 0 Å². The van der Waals surface area contributed by atoms with Crippen molar-refractivity contribution in [1.29, 1.82) is 0 Å². The summed E-state index contributed by atoms with van der Waals surface area (Å²) in [6, 6.07) is 10.7. The molecule has 32 heavy (non-hydrogen) atoms. The molecule has 1 unspecified atom stereocenters. The van der Waals surface area contributed by atoms with Gasteiger partial charge in [-0.05, 0) is 56.1 Å². The number of pyridine rings is 1. The minimum absolute atomic E-state index is 0.431. The Morgan fingerprint density at radius 2 is 2.25 bits per heavy atom. The van der Waals surface area contributed by atoms with Gasteiger partial charge in [-0.2, -0.15) is 5.10 Å². The predicted octanol–water partition coefficient (Wildman–Crippen LogP) is 4.51. The van der Waals surface area contributed by atoms with E-state index in [1.54, 1.807) is 0 Å². The van der Waals surface area contributed by atoms with E-state index in [0.717, 1.165) is 52.8 Å². The normalized spacial score (nSPS) is 21.5. The fourth-order valence-electron chi connectivity index (χ4n) is 4.03. The smallest absolute Gasteiger partial charge is 0.201 e. The van der Waals surface area contributed by atoms with Gasteiger partial charge in [0, 0.05) is 36.1 Å². The number of aromatic nitrogens is 3. The molecule has 1 atom stereocenters. The highest BCUT2D eigenvalue weighted by molar-refractivity contribution is 5.99. The van der Waals surface area contributed by atoms with Gasteiger partial charge in [-0.15, -0.1) is 5.11 Å². The molecule has 2 aromatic heterocycles. The van der Waals surface area contributed by atoms with E-state index in [1.807, 2.05) is 60.3 Å². The standard InChI is InChI=1S/C24H26N8/c1-3-23-24(27-12-17(2)20-13-28-31(16-20)21-8-10-25-14-21)29-30-32(23)15-18-6-7-22-19(11-18)5-4-9-26-22/h3-7,9,11-13,16,21,25H,8,10,14-15H2,1-2H3/b17-12+,23-3?,27-24?. The second-order valence-corrected chi connectivity index (χ2v) is 8.07. The Labute approximate surface area is 187 Å². The Bertz CT molecular complexity index is 1240. The lowest BCUT2D eigenvalue weighted by atomic mass is 10.1. The summed E-state index contributed by atoms with van der Waals surface area (Å²) in [6.45, 7) is 6.67. The minimum atomic E-state index is 0.431. The lowest BCUT2D eigenvalue weighted by Gasteiger charge is -2.14.